The summed E-state index contributed by atoms with van der Waals surface area (Å²) in [4.78, 5) is 11.5. The van der Waals surface area contributed by atoms with E-state index in [0.29, 0.717) is 12.2 Å². The maximum absolute atomic E-state index is 11.5. The molecule has 0 radical (unpaired) electrons. The minimum atomic E-state index is -0.0175. The van der Waals surface area contributed by atoms with Gasteiger partial charge in [-0.3, -0.25) is 4.79 Å². The van der Waals surface area contributed by atoms with Crippen LogP contribution in [0.15, 0.2) is 24.3 Å². The van der Waals surface area contributed by atoms with Gasteiger partial charge >= 0.3 is 0 Å². The second-order valence-electron chi connectivity index (χ2n) is 4.79. The number of nitrogens with zero attached hydrogens (tertiary/aromatic N) is 3. The van der Waals surface area contributed by atoms with Crippen LogP contribution in [-0.4, -0.2) is 26.4 Å². The zero-order chi connectivity index (χ0) is 13.9. The van der Waals surface area contributed by atoms with Crippen molar-refractivity contribution in [2.75, 3.05) is 11.1 Å². The molecule has 2 aromatic rings. The highest BCUT2D eigenvalue weighted by Crippen LogP contribution is 2.24. The van der Waals surface area contributed by atoms with Crippen molar-refractivity contribution in [1.29, 1.82) is 0 Å². The molecule has 0 aliphatic carbocycles. The average Bonchev–Trinajstić information content (AvgIpc) is 3.02. The summed E-state index contributed by atoms with van der Waals surface area (Å²) in [5.74, 6) is 2.50. The number of carbonyl (C=O) groups excluding carboxylic acids is 1. The number of benzene rings is 1. The Labute approximate surface area is 122 Å². The Bertz CT molecular complexity index is 621. The van der Waals surface area contributed by atoms with Crippen LogP contribution in [0.2, 0.25) is 0 Å². The van der Waals surface area contributed by atoms with Gasteiger partial charge in [0.05, 0.1) is 0 Å². The van der Waals surface area contributed by atoms with Crippen molar-refractivity contribution in [3.63, 3.8) is 0 Å². The van der Waals surface area contributed by atoms with Crippen molar-refractivity contribution >= 4 is 24.2 Å². The first-order chi connectivity index (χ1) is 9.78. The SMILES string of the molecule is O=C(CCS)Nc1ccc(-c2nnc3n2CCC3)cc1. The average molecular weight is 288 g/mol. The van der Waals surface area contributed by atoms with Gasteiger partial charge in [-0.05, 0) is 36.4 Å². The van der Waals surface area contributed by atoms with E-state index in [9.17, 15) is 4.79 Å². The highest BCUT2D eigenvalue weighted by molar-refractivity contribution is 7.80. The molecule has 1 amide bonds. The summed E-state index contributed by atoms with van der Waals surface area (Å²) in [6.07, 6.45) is 2.56. The van der Waals surface area contributed by atoms with Gasteiger partial charge in [0.1, 0.15) is 5.82 Å². The number of carbonyl (C=O) groups is 1. The third kappa shape index (κ3) is 2.56. The molecule has 1 N–H and O–H groups in total. The number of amides is 1. The van der Waals surface area contributed by atoms with Gasteiger partial charge in [-0.25, -0.2) is 0 Å². The van der Waals surface area contributed by atoms with Crippen LogP contribution >= 0.6 is 12.6 Å². The van der Waals surface area contributed by atoms with Crippen molar-refractivity contribution in [3.05, 3.63) is 30.1 Å². The first-order valence-electron chi connectivity index (χ1n) is 6.71. The van der Waals surface area contributed by atoms with Crippen LogP contribution in [0.3, 0.4) is 0 Å². The van der Waals surface area contributed by atoms with E-state index in [0.717, 1.165) is 42.3 Å². The monoisotopic (exact) mass is 288 g/mol. The number of rotatable bonds is 4. The van der Waals surface area contributed by atoms with E-state index in [1.807, 2.05) is 24.3 Å². The van der Waals surface area contributed by atoms with Gasteiger partial charge in [-0.15, -0.1) is 10.2 Å². The van der Waals surface area contributed by atoms with Crippen molar-refractivity contribution in [2.45, 2.75) is 25.8 Å². The summed E-state index contributed by atoms with van der Waals surface area (Å²) in [5, 5.41) is 11.3. The zero-order valence-electron chi connectivity index (χ0n) is 11.0. The van der Waals surface area contributed by atoms with Crippen molar-refractivity contribution in [2.24, 2.45) is 0 Å². The van der Waals surface area contributed by atoms with Gasteiger partial charge in [0.15, 0.2) is 5.82 Å². The minimum absolute atomic E-state index is 0.0175. The number of fused-ring (bicyclic) bond motifs is 1. The first kappa shape index (κ1) is 13.2. The summed E-state index contributed by atoms with van der Waals surface area (Å²) >= 11 is 4.04. The molecule has 2 heterocycles. The van der Waals surface area contributed by atoms with Crippen LogP contribution in [0.25, 0.3) is 11.4 Å². The van der Waals surface area contributed by atoms with Crippen LogP contribution < -0.4 is 5.32 Å². The topological polar surface area (TPSA) is 59.8 Å². The number of aryl methyl sites for hydroxylation is 1. The second kappa shape index (κ2) is 5.66. The van der Waals surface area contributed by atoms with E-state index in [-0.39, 0.29) is 5.91 Å². The summed E-state index contributed by atoms with van der Waals surface area (Å²) in [6.45, 7) is 0.984. The third-order valence-electron chi connectivity index (χ3n) is 3.38. The van der Waals surface area contributed by atoms with Crippen molar-refractivity contribution < 1.29 is 4.79 Å². The molecule has 3 rings (SSSR count). The summed E-state index contributed by atoms with van der Waals surface area (Å²) < 4.78 is 2.16. The first-order valence-corrected chi connectivity index (χ1v) is 7.34. The number of nitrogens with one attached hydrogen (secondary N) is 1. The van der Waals surface area contributed by atoms with E-state index in [4.69, 9.17) is 0 Å². The standard InChI is InChI=1S/C14H16N4OS/c19-13(7-9-20)15-11-5-3-10(4-6-11)14-17-16-12-2-1-8-18(12)14/h3-6,20H,1-2,7-9H2,(H,15,19). The Morgan fingerprint density at radius 1 is 1.30 bits per heavy atom. The molecule has 20 heavy (non-hydrogen) atoms. The van der Waals surface area contributed by atoms with E-state index < -0.39 is 0 Å². The smallest absolute Gasteiger partial charge is 0.225 e. The predicted molar refractivity (Wildman–Crippen MR) is 80.9 cm³/mol. The Balaban J connectivity index is 1.77. The molecule has 104 valence electrons. The maximum Gasteiger partial charge on any atom is 0.225 e. The lowest BCUT2D eigenvalue weighted by molar-refractivity contribution is -0.115. The molecule has 5 nitrogen and oxygen atoms in total. The quantitative estimate of drug-likeness (QED) is 0.848. The molecule has 0 bridgehead atoms. The van der Waals surface area contributed by atoms with Gasteiger partial charge in [0, 0.05) is 30.6 Å². The molecule has 0 atom stereocenters. The van der Waals surface area contributed by atoms with E-state index in [1.54, 1.807) is 0 Å². The number of hydrogen-bond donors (Lipinski definition) is 2. The summed E-state index contributed by atoms with van der Waals surface area (Å²) in [7, 11) is 0. The van der Waals surface area contributed by atoms with E-state index in [2.05, 4.69) is 32.7 Å². The Hall–Kier alpha value is -1.82. The number of hydrogen-bond acceptors (Lipinski definition) is 4. The van der Waals surface area contributed by atoms with Gasteiger partial charge in [0.25, 0.3) is 0 Å². The second-order valence-corrected chi connectivity index (χ2v) is 5.24. The van der Waals surface area contributed by atoms with Crippen molar-refractivity contribution in [3.8, 4) is 11.4 Å². The van der Waals surface area contributed by atoms with Gasteiger partial charge in [0.2, 0.25) is 5.91 Å². The molecule has 6 heteroatoms. The fraction of sp³-hybridized carbons (Fsp3) is 0.357. The Morgan fingerprint density at radius 2 is 2.10 bits per heavy atom. The largest absolute Gasteiger partial charge is 0.326 e. The Morgan fingerprint density at radius 3 is 2.85 bits per heavy atom. The van der Waals surface area contributed by atoms with E-state index >= 15 is 0 Å². The molecular formula is C14H16N4OS. The lowest BCUT2D eigenvalue weighted by Crippen LogP contribution is -2.11. The Kier molecular flexibility index (Phi) is 3.73. The van der Waals surface area contributed by atoms with Crippen LogP contribution in [0.5, 0.6) is 0 Å². The molecule has 1 aliphatic heterocycles. The van der Waals surface area contributed by atoms with E-state index in [1.165, 1.54) is 0 Å². The van der Waals surface area contributed by atoms with Crippen molar-refractivity contribution in [1.82, 2.24) is 14.8 Å². The highest BCUT2D eigenvalue weighted by Gasteiger charge is 2.18. The van der Waals surface area contributed by atoms with Crippen LogP contribution in [0, 0.1) is 0 Å². The molecule has 0 spiro atoms. The maximum atomic E-state index is 11.5. The third-order valence-corrected chi connectivity index (χ3v) is 3.60. The number of anilines is 1. The molecule has 1 aromatic carbocycles. The minimum Gasteiger partial charge on any atom is -0.326 e. The molecular weight excluding hydrogens is 272 g/mol. The molecule has 0 fully saturated rings. The number of aromatic nitrogens is 3. The van der Waals surface area contributed by atoms with Gasteiger partial charge < -0.3 is 9.88 Å². The molecule has 1 aliphatic rings. The normalized spacial score (nSPS) is 13.2. The van der Waals surface area contributed by atoms with Crippen LogP contribution in [0.1, 0.15) is 18.7 Å². The fourth-order valence-electron chi connectivity index (χ4n) is 2.39. The van der Waals surface area contributed by atoms with Gasteiger partial charge in [-0.1, -0.05) is 0 Å². The predicted octanol–water partition coefficient (Wildman–Crippen LogP) is 2.15. The van der Waals surface area contributed by atoms with Crippen LogP contribution in [-0.2, 0) is 17.8 Å². The molecule has 0 unspecified atom stereocenters. The van der Waals surface area contributed by atoms with Crippen LogP contribution in [0.4, 0.5) is 5.69 Å². The van der Waals surface area contributed by atoms with Gasteiger partial charge in [-0.2, -0.15) is 12.6 Å². The fourth-order valence-corrected chi connectivity index (χ4v) is 2.59. The molecule has 1 aromatic heterocycles. The number of thiol groups is 1. The molecule has 0 saturated heterocycles. The molecule has 0 saturated carbocycles. The lowest BCUT2D eigenvalue weighted by Gasteiger charge is -2.06. The summed E-state index contributed by atoms with van der Waals surface area (Å²) in [5.41, 5.74) is 1.82. The highest BCUT2D eigenvalue weighted by atomic mass is 32.1. The lowest BCUT2D eigenvalue weighted by atomic mass is 10.2. The zero-order valence-corrected chi connectivity index (χ0v) is 11.9. The summed E-state index contributed by atoms with van der Waals surface area (Å²) in [6, 6.07) is 7.71.